The Morgan fingerprint density at radius 2 is 1.63 bits per heavy atom. The number of rotatable bonds is 13. The maximum Gasteiger partial charge on any atom is 0.244 e. The number of phenols is 1. The number of aromatic nitrogens is 3. The van der Waals surface area contributed by atoms with Gasteiger partial charge in [-0.15, -0.1) is 0 Å². The van der Waals surface area contributed by atoms with Crippen LogP contribution in [0.25, 0.3) is 22.0 Å². The van der Waals surface area contributed by atoms with Gasteiger partial charge < -0.3 is 42.0 Å². The van der Waals surface area contributed by atoms with Crippen LogP contribution < -0.4 is 22.5 Å². The third-order valence-corrected chi connectivity index (χ3v) is 11.5. The van der Waals surface area contributed by atoms with Gasteiger partial charge in [0.05, 0.1) is 12.0 Å². The lowest BCUT2D eigenvalue weighted by Crippen LogP contribution is -2.66. The molecule has 0 radical (unpaired) electrons. The van der Waals surface area contributed by atoms with Crippen molar-refractivity contribution < 1.29 is 19.2 Å². The minimum atomic E-state index is -1.83. The number of phenolic OH excluding ortho intramolecular Hbond substituents is 1. The van der Waals surface area contributed by atoms with Crippen LogP contribution in [0, 0.1) is 25.2 Å². The van der Waals surface area contributed by atoms with E-state index in [1.165, 1.54) is 0 Å². The normalized spacial score (nSPS) is 15.5. The van der Waals surface area contributed by atoms with Crippen LogP contribution in [0.3, 0.4) is 0 Å². The number of likely N-dealkylation sites (tertiary alicyclic amines) is 1. The first-order valence-electron chi connectivity index (χ1n) is 19.2. The van der Waals surface area contributed by atoms with E-state index in [0.29, 0.717) is 49.3 Å². The van der Waals surface area contributed by atoms with Crippen LogP contribution in [0.2, 0.25) is 0 Å². The van der Waals surface area contributed by atoms with Crippen LogP contribution in [0.5, 0.6) is 5.75 Å². The molecule has 4 aromatic carbocycles. The van der Waals surface area contributed by atoms with E-state index < -0.39 is 29.3 Å². The van der Waals surface area contributed by atoms with Crippen LogP contribution >= 0.6 is 0 Å². The van der Waals surface area contributed by atoms with Gasteiger partial charge in [0.25, 0.3) is 0 Å². The topological polar surface area (TPSA) is 226 Å². The quantitative estimate of drug-likeness (QED) is 0.0621. The smallest absolute Gasteiger partial charge is 0.244 e. The van der Waals surface area contributed by atoms with Crippen molar-refractivity contribution in [3.63, 3.8) is 0 Å². The third-order valence-electron chi connectivity index (χ3n) is 11.5. The van der Waals surface area contributed by atoms with Crippen molar-refractivity contribution in [2.75, 3.05) is 13.1 Å². The van der Waals surface area contributed by atoms with Gasteiger partial charge in [-0.2, -0.15) is 4.98 Å². The number of aromatic hydroxyl groups is 1. The molecule has 0 bridgehead atoms. The number of amides is 2. The van der Waals surface area contributed by atoms with Gasteiger partial charge in [-0.25, -0.2) is 0 Å². The number of nitrogens with zero attached hydrogens (tertiary/aromatic N) is 3. The largest absolute Gasteiger partial charge is 0.508 e. The Morgan fingerprint density at radius 3 is 2.30 bits per heavy atom. The zero-order valence-corrected chi connectivity index (χ0v) is 32.2. The number of carbonyl (C=O) groups excluding carboxylic acids is 2. The minimum absolute atomic E-state index is 0.0258. The molecule has 2 aromatic heterocycles. The molecule has 13 nitrogen and oxygen atoms in total. The molecule has 0 saturated carbocycles. The lowest BCUT2D eigenvalue weighted by atomic mass is 9.73. The molecular weight excluding hydrogens is 719 g/mol. The fraction of sp³-hybridized carbons (Fsp3) is 0.295. The van der Waals surface area contributed by atoms with Gasteiger partial charge in [-0.1, -0.05) is 78.0 Å². The second kappa shape index (κ2) is 16.3. The first-order chi connectivity index (χ1) is 27.4. The highest BCUT2D eigenvalue weighted by Gasteiger charge is 2.51. The molecule has 1 aliphatic heterocycles. The standard InChI is InChI=1S/C44H49N9O4/c1-26-20-33(54)21-27(2)35(26)24-44(42(46)56,51-40(55)39(45)31-16-18-53(19-17-31)43(47)48)36(23-32-25-49-37-11-7-6-10-34(32)37)41-50-38(52-57-41)22-28-12-14-30(15-13-28)29-8-4-3-5-9-29/h3-15,20-21,25,31,36,39,49,54H,16-19,22-24,45H2,1-2H3,(H2,46,56)(H3,47,48)(H,51,55)/t36-,39-,44?/m1/s1. The molecule has 1 fully saturated rings. The second-order valence-corrected chi connectivity index (χ2v) is 15.2. The molecule has 294 valence electrons. The number of carbonyl (C=O) groups is 2. The zero-order chi connectivity index (χ0) is 40.3. The zero-order valence-electron chi connectivity index (χ0n) is 32.2. The highest BCUT2D eigenvalue weighted by atomic mass is 16.5. The molecular formula is C44H49N9O4. The van der Waals surface area contributed by atoms with Gasteiger partial charge in [0.1, 0.15) is 11.3 Å². The number of aromatic amines is 1. The summed E-state index contributed by atoms with van der Waals surface area (Å²) in [5, 5.41) is 26.7. The van der Waals surface area contributed by atoms with Gasteiger partial charge in [-0.3, -0.25) is 15.0 Å². The number of H-pyrrole nitrogens is 1. The Hall–Kier alpha value is -6.47. The van der Waals surface area contributed by atoms with Crippen LogP contribution in [0.15, 0.2) is 102 Å². The molecule has 0 spiro atoms. The van der Waals surface area contributed by atoms with E-state index in [1.54, 1.807) is 17.0 Å². The molecule has 1 aliphatic rings. The van der Waals surface area contributed by atoms with Gasteiger partial charge in [-0.05, 0) is 96.2 Å². The van der Waals surface area contributed by atoms with Gasteiger partial charge in [0.2, 0.25) is 17.7 Å². The van der Waals surface area contributed by atoms with Crippen LogP contribution in [-0.2, 0) is 28.9 Å². The maximum atomic E-state index is 14.5. The third kappa shape index (κ3) is 8.24. The summed E-state index contributed by atoms with van der Waals surface area (Å²) in [5.74, 6) is -1.96. The van der Waals surface area contributed by atoms with Crippen LogP contribution in [-0.4, -0.2) is 67.6 Å². The van der Waals surface area contributed by atoms with E-state index in [1.807, 2.05) is 74.6 Å². The molecule has 3 heterocycles. The van der Waals surface area contributed by atoms with Crippen molar-refractivity contribution in [1.82, 2.24) is 25.3 Å². The summed E-state index contributed by atoms with van der Waals surface area (Å²) in [7, 11) is 0. The van der Waals surface area contributed by atoms with E-state index in [-0.39, 0.29) is 36.4 Å². The Morgan fingerprint density at radius 1 is 0.982 bits per heavy atom. The highest BCUT2D eigenvalue weighted by molar-refractivity contribution is 5.94. The summed E-state index contributed by atoms with van der Waals surface area (Å²) in [6.07, 6.45) is 3.44. The number of nitrogens with one attached hydrogen (secondary N) is 3. The van der Waals surface area contributed by atoms with Crippen molar-refractivity contribution in [2.45, 2.75) is 63.5 Å². The maximum absolute atomic E-state index is 14.5. The lowest BCUT2D eigenvalue weighted by molar-refractivity contribution is -0.134. The average Bonchev–Trinajstić information content (AvgIpc) is 3.85. The highest BCUT2D eigenvalue weighted by Crippen LogP contribution is 2.38. The first-order valence-corrected chi connectivity index (χ1v) is 19.2. The predicted molar refractivity (Wildman–Crippen MR) is 219 cm³/mol. The Labute approximate surface area is 331 Å². The molecule has 6 aromatic rings. The summed E-state index contributed by atoms with van der Waals surface area (Å²) in [6, 6.07) is 28.3. The van der Waals surface area contributed by atoms with E-state index in [9.17, 15) is 14.7 Å². The number of aryl methyl sites for hydroxylation is 2. The predicted octanol–water partition coefficient (Wildman–Crippen LogP) is 4.97. The summed E-state index contributed by atoms with van der Waals surface area (Å²) in [6.45, 7) is 4.65. The number of benzene rings is 4. The van der Waals surface area contributed by atoms with Crippen molar-refractivity contribution in [1.29, 1.82) is 5.41 Å². The number of nitrogens with two attached hydrogens (primary N) is 3. The van der Waals surface area contributed by atoms with Crippen LogP contribution in [0.4, 0.5) is 0 Å². The SMILES string of the molecule is Cc1cc(O)cc(C)c1CC(NC(=O)[C@H](N)C1CCN(C(=N)N)CC1)(C(N)=O)[C@H](Cc1c[nH]c2ccccc12)c1nc(Cc2ccc(-c3ccccc3)cc2)no1. The molecule has 13 heteroatoms. The Balaban J connectivity index is 1.30. The molecule has 10 N–H and O–H groups in total. The van der Waals surface area contributed by atoms with Gasteiger partial charge >= 0.3 is 0 Å². The average molecular weight is 768 g/mol. The van der Waals surface area contributed by atoms with Crippen molar-refractivity contribution in [3.8, 4) is 16.9 Å². The fourth-order valence-electron chi connectivity index (χ4n) is 8.22. The summed E-state index contributed by atoms with van der Waals surface area (Å²) >= 11 is 0. The molecule has 7 rings (SSSR count). The van der Waals surface area contributed by atoms with E-state index in [4.69, 9.17) is 32.1 Å². The molecule has 0 aliphatic carbocycles. The number of primary amides is 1. The van der Waals surface area contributed by atoms with Crippen molar-refractivity contribution in [3.05, 3.63) is 137 Å². The number of hydrogen-bond acceptors (Lipinski definition) is 8. The summed E-state index contributed by atoms with van der Waals surface area (Å²) < 4.78 is 6.08. The van der Waals surface area contributed by atoms with E-state index in [2.05, 4.69) is 39.7 Å². The number of para-hydroxylation sites is 1. The van der Waals surface area contributed by atoms with Gasteiger partial charge in [0.15, 0.2) is 11.8 Å². The number of piperidine rings is 1. The number of hydrogen-bond donors (Lipinski definition) is 7. The van der Waals surface area contributed by atoms with E-state index >= 15 is 0 Å². The first kappa shape index (κ1) is 38.8. The van der Waals surface area contributed by atoms with Crippen molar-refractivity contribution >= 4 is 28.7 Å². The molecule has 1 saturated heterocycles. The fourth-order valence-corrected chi connectivity index (χ4v) is 8.22. The molecule has 3 atom stereocenters. The van der Waals surface area contributed by atoms with Crippen molar-refractivity contribution in [2.24, 2.45) is 23.1 Å². The Bertz CT molecular complexity index is 2360. The van der Waals surface area contributed by atoms with E-state index in [0.717, 1.165) is 38.7 Å². The van der Waals surface area contributed by atoms with Gasteiger partial charge in [0, 0.05) is 43.0 Å². The van der Waals surface area contributed by atoms with Crippen LogP contribution in [0.1, 0.15) is 58.3 Å². The molecule has 2 amide bonds. The summed E-state index contributed by atoms with van der Waals surface area (Å²) in [4.78, 5) is 38.9. The molecule has 1 unspecified atom stereocenters. The molecule has 57 heavy (non-hydrogen) atoms. The lowest BCUT2D eigenvalue weighted by Gasteiger charge is -2.40. The second-order valence-electron chi connectivity index (χ2n) is 15.2. The minimum Gasteiger partial charge on any atom is -0.508 e. The number of guanidine groups is 1. The summed E-state index contributed by atoms with van der Waals surface area (Å²) in [5.41, 5.74) is 24.2. The number of fused-ring (bicyclic) bond motifs is 1. The monoisotopic (exact) mass is 767 g/mol. The Kier molecular flexibility index (Phi) is 11.1.